The normalized spacial score (nSPS) is 20.5. The monoisotopic (exact) mass is 404 g/mol. The molecule has 1 atom stereocenters. The van der Waals surface area contributed by atoms with Gasteiger partial charge in [-0.15, -0.1) is 0 Å². The maximum Gasteiger partial charge on any atom is 0.141 e. The first-order valence-corrected chi connectivity index (χ1v) is 11.8. The molecule has 1 fully saturated rings. The molecule has 0 aliphatic carbocycles. The Morgan fingerprint density at radius 1 is 1.07 bits per heavy atom. The van der Waals surface area contributed by atoms with Gasteiger partial charge in [0.05, 0.1) is 5.92 Å². The minimum Gasteiger partial charge on any atom is -0.315 e. The van der Waals surface area contributed by atoms with Crippen molar-refractivity contribution in [1.29, 1.82) is 0 Å². The molecule has 0 spiro atoms. The highest BCUT2D eigenvalue weighted by atomic mass is 16.1. The maximum atomic E-state index is 13.0. The second-order valence-corrected chi connectivity index (χ2v) is 9.21. The fourth-order valence-corrected chi connectivity index (χ4v) is 5.17. The van der Waals surface area contributed by atoms with Gasteiger partial charge in [-0.25, -0.2) is 0 Å². The van der Waals surface area contributed by atoms with Gasteiger partial charge in [0.2, 0.25) is 0 Å². The van der Waals surface area contributed by atoms with E-state index in [9.17, 15) is 4.79 Å². The molecule has 0 amide bonds. The molecule has 2 aromatic rings. The molecule has 30 heavy (non-hydrogen) atoms. The molecule has 2 heterocycles. The largest absolute Gasteiger partial charge is 0.315 e. The van der Waals surface area contributed by atoms with Crippen molar-refractivity contribution in [3.8, 4) is 0 Å². The standard InChI is InChI=1S/C27H36N2O/c1-21-7-2-3-10-24(21)20-29-17-14-22(15-18-29)8-6-12-27(30)26-19-28-16-13-23-9-4-5-11-25(23)26/h2-5,7,9-11,22,26,28H,6,8,12-20H2,1H3. The van der Waals surface area contributed by atoms with E-state index in [0.29, 0.717) is 5.78 Å². The van der Waals surface area contributed by atoms with Gasteiger partial charge in [0.1, 0.15) is 5.78 Å². The van der Waals surface area contributed by atoms with E-state index < -0.39 is 0 Å². The lowest BCUT2D eigenvalue weighted by Gasteiger charge is -2.32. The van der Waals surface area contributed by atoms with Crippen molar-refractivity contribution in [3.05, 3.63) is 70.8 Å². The summed E-state index contributed by atoms with van der Waals surface area (Å²) < 4.78 is 0. The average Bonchev–Trinajstić information content (AvgIpc) is 2.99. The van der Waals surface area contributed by atoms with Gasteiger partial charge in [-0.2, -0.15) is 0 Å². The number of carbonyl (C=O) groups is 1. The summed E-state index contributed by atoms with van der Waals surface area (Å²) in [7, 11) is 0. The van der Waals surface area contributed by atoms with Gasteiger partial charge in [-0.1, -0.05) is 48.5 Å². The first-order chi connectivity index (χ1) is 14.7. The predicted octanol–water partition coefficient (Wildman–Crippen LogP) is 4.88. The van der Waals surface area contributed by atoms with Gasteiger partial charge < -0.3 is 5.32 Å². The molecule has 160 valence electrons. The fraction of sp³-hybridized carbons (Fsp3) is 0.519. The number of rotatable bonds is 7. The highest BCUT2D eigenvalue weighted by Gasteiger charge is 2.25. The van der Waals surface area contributed by atoms with Crippen LogP contribution >= 0.6 is 0 Å². The van der Waals surface area contributed by atoms with Crippen LogP contribution in [0.4, 0.5) is 0 Å². The second kappa shape index (κ2) is 10.4. The Balaban J connectivity index is 1.21. The first-order valence-electron chi connectivity index (χ1n) is 11.8. The Kier molecular flexibility index (Phi) is 7.35. The number of hydrogen-bond donors (Lipinski definition) is 1. The van der Waals surface area contributed by atoms with E-state index in [-0.39, 0.29) is 5.92 Å². The number of nitrogens with zero attached hydrogens (tertiary/aromatic N) is 1. The number of hydrogen-bond acceptors (Lipinski definition) is 3. The quantitative estimate of drug-likeness (QED) is 0.714. The predicted molar refractivity (Wildman–Crippen MR) is 124 cm³/mol. The van der Waals surface area contributed by atoms with Gasteiger partial charge in [-0.3, -0.25) is 9.69 Å². The fourth-order valence-electron chi connectivity index (χ4n) is 5.17. The lowest BCUT2D eigenvalue weighted by atomic mass is 9.86. The summed E-state index contributed by atoms with van der Waals surface area (Å²) in [6, 6.07) is 17.3. The summed E-state index contributed by atoms with van der Waals surface area (Å²) in [6.07, 6.45) is 6.54. The molecular formula is C27H36N2O. The summed E-state index contributed by atoms with van der Waals surface area (Å²) in [5.74, 6) is 1.25. The van der Waals surface area contributed by atoms with Crippen LogP contribution in [0.25, 0.3) is 0 Å². The number of likely N-dealkylation sites (tertiary alicyclic amines) is 1. The molecule has 2 aromatic carbocycles. The Hall–Kier alpha value is -1.97. The van der Waals surface area contributed by atoms with Gasteiger partial charge in [0.25, 0.3) is 0 Å². The van der Waals surface area contributed by atoms with Crippen LogP contribution in [0.5, 0.6) is 0 Å². The van der Waals surface area contributed by atoms with Crippen molar-refractivity contribution in [2.24, 2.45) is 5.92 Å². The zero-order valence-electron chi connectivity index (χ0n) is 18.4. The van der Waals surface area contributed by atoms with Crippen molar-refractivity contribution in [1.82, 2.24) is 10.2 Å². The van der Waals surface area contributed by atoms with Crippen molar-refractivity contribution in [3.63, 3.8) is 0 Å². The summed E-state index contributed by atoms with van der Waals surface area (Å²) in [5, 5.41) is 3.47. The Bertz CT molecular complexity index is 838. The zero-order chi connectivity index (χ0) is 20.8. The van der Waals surface area contributed by atoms with Crippen LogP contribution in [0.3, 0.4) is 0 Å². The topological polar surface area (TPSA) is 32.3 Å². The number of piperidine rings is 1. The molecular weight excluding hydrogens is 368 g/mol. The number of benzene rings is 2. The van der Waals surface area contributed by atoms with Crippen LogP contribution in [-0.4, -0.2) is 36.9 Å². The van der Waals surface area contributed by atoms with Crippen LogP contribution < -0.4 is 5.32 Å². The Morgan fingerprint density at radius 3 is 2.67 bits per heavy atom. The molecule has 2 aliphatic heterocycles. The number of Topliss-reactive ketones (excluding diaryl/α,β-unsaturated/α-hetero) is 1. The van der Waals surface area contributed by atoms with E-state index >= 15 is 0 Å². The molecule has 3 heteroatoms. The molecule has 3 nitrogen and oxygen atoms in total. The van der Waals surface area contributed by atoms with E-state index in [1.165, 1.54) is 54.6 Å². The first kappa shape index (κ1) is 21.3. The van der Waals surface area contributed by atoms with Crippen molar-refractivity contribution in [2.45, 2.75) is 57.9 Å². The third-order valence-corrected chi connectivity index (χ3v) is 7.14. The van der Waals surface area contributed by atoms with Gasteiger partial charge in [0.15, 0.2) is 0 Å². The van der Waals surface area contributed by atoms with Crippen LogP contribution in [0, 0.1) is 12.8 Å². The van der Waals surface area contributed by atoms with Crippen LogP contribution in [0.1, 0.15) is 60.3 Å². The van der Waals surface area contributed by atoms with E-state index in [1.807, 2.05) is 0 Å². The second-order valence-electron chi connectivity index (χ2n) is 9.21. The summed E-state index contributed by atoms with van der Waals surface area (Å²) >= 11 is 0. The molecule has 1 N–H and O–H groups in total. The summed E-state index contributed by atoms with van der Waals surface area (Å²) in [4.78, 5) is 15.6. The molecule has 0 bridgehead atoms. The van der Waals surface area contributed by atoms with Gasteiger partial charge >= 0.3 is 0 Å². The van der Waals surface area contributed by atoms with E-state index in [0.717, 1.165) is 44.8 Å². The van der Waals surface area contributed by atoms with Crippen LogP contribution in [0.2, 0.25) is 0 Å². The van der Waals surface area contributed by atoms with Gasteiger partial charge in [0, 0.05) is 19.5 Å². The number of nitrogens with one attached hydrogen (secondary N) is 1. The van der Waals surface area contributed by atoms with Gasteiger partial charge in [-0.05, 0) is 86.8 Å². The smallest absolute Gasteiger partial charge is 0.141 e. The van der Waals surface area contributed by atoms with Crippen molar-refractivity contribution < 1.29 is 4.79 Å². The van der Waals surface area contributed by atoms with Crippen molar-refractivity contribution in [2.75, 3.05) is 26.2 Å². The number of carbonyl (C=O) groups excluding carboxylic acids is 1. The Morgan fingerprint density at radius 2 is 1.83 bits per heavy atom. The maximum absolute atomic E-state index is 13.0. The number of fused-ring (bicyclic) bond motifs is 1. The molecule has 1 saturated heterocycles. The zero-order valence-corrected chi connectivity index (χ0v) is 18.4. The number of ketones is 1. The lowest BCUT2D eigenvalue weighted by Crippen LogP contribution is -2.33. The van der Waals surface area contributed by atoms with Crippen molar-refractivity contribution >= 4 is 5.78 Å². The third kappa shape index (κ3) is 5.39. The molecule has 0 aromatic heterocycles. The highest BCUT2D eigenvalue weighted by molar-refractivity contribution is 5.86. The van der Waals surface area contributed by atoms with Crippen LogP contribution in [-0.2, 0) is 17.8 Å². The molecule has 0 saturated carbocycles. The molecule has 0 radical (unpaired) electrons. The minimum atomic E-state index is 0.0414. The summed E-state index contributed by atoms with van der Waals surface area (Å²) in [6.45, 7) is 7.43. The Labute approximate surface area is 181 Å². The van der Waals surface area contributed by atoms with E-state index in [4.69, 9.17) is 0 Å². The highest BCUT2D eigenvalue weighted by Crippen LogP contribution is 2.28. The lowest BCUT2D eigenvalue weighted by molar-refractivity contribution is -0.120. The summed E-state index contributed by atoms with van der Waals surface area (Å²) in [5.41, 5.74) is 5.46. The SMILES string of the molecule is Cc1ccccc1CN1CCC(CCCC(=O)C2CNCCc3ccccc32)CC1. The molecule has 2 aliphatic rings. The molecule has 1 unspecified atom stereocenters. The number of aryl methyl sites for hydroxylation is 1. The third-order valence-electron chi connectivity index (χ3n) is 7.14. The van der Waals surface area contributed by atoms with E-state index in [2.05, 4.69) is 65.7 Å². The minimum absolute atomic E-state index is 0.0414. The molecule has 4 rings (SSSR count). The average molecular weight is 405 g/mol. The van der Waals surface area contributed by atoms with Crippen LogP contribution in [0.15, 0.2) is 48.5 Å². The van der Waals surface area contributed by atoms with E-state index in [1.54, 1.807) is 0 Å².